The molecule has 2 unspecified atom stereocenters. The number of allylic oxidation sites excluding steroid dienone is 6. The van der Waals surface area contributed by atoms with E-state index in [2.05, 4.69) is 50.3 Å². The van der Waals surface area contributed by atoms with Crippen molar-refractivity contribution in [2.45, 2.75) is 213 Å². The molecule has 8 nitrogen and oxygen atoms in total. The van der Waals surface area contributed by atoms with Gasteiger partial charge in [-0.15, -0.1) is 0 Å². The van der Waals surface area contributed by atoms with E-state index >= 15 is 0 Å². The average Bonchev–Trinajstić information content (AvgIpc) is 3.16. The average molecular weight is 827 g/mol. The minimum Gasteiger partial charge on any atom is -0.457 e. The van der Waals surface area contributed by atoms with Crippen molar-refractivity contribution in [2.75, 3.05) is 54.1 Å². The highest BCUT2D eigenvalue weighted by atomic mass is 31.2. The van der Waals surface area contributed by atoms with Crippen LogP contribution in [0.2, 0.25) is 0 Å². The normalized spacial score (nSPS) is 14.0. The van der Waals surface area contributed by atoms with Crippen molar-refractivity contribution < 1.29 is 37.3 Å². The van der Waals surface area contributed by atoms with Crippen LogP contribution in [-0.2, 0) is 27.9 Å². The Hall–Kier alpha value is -1.28. The second-order valence-corrected chi connectivity index (χ2v) is 18.6. The molecule has 2 atom stereocenters. The van der Waals surface area contributed by atoms with Gasteiger partial charge < -0.3 is 18.9 Å². The van der Waals surface area contributed by atoms with Crippen molar-refractivity contribution in [3.8, 4) is 0 Å². The summed E-state index contributed by atoms with van der Waals surface area (Å²) in [6.07, 6.45) is 49.0. The van der Waals surface area contributed by atoms with E-state index in [0.717, 1.165) is 70.6 Å². The van der Waals surface area contributed by atoms with E-state index in [4.69, 9.17) is 18.5 Å². The fraction of sp³-hybridized carbons (Fsp3) is 0.854. The summed E-state index contributed by atoms with van der Waals surface area (Å²) in [5, 5.41) is 0. The first-order valence-corrected chi connectivity index (χ1v) is 25.2. The highest BCUT2D eigenvalue weighted by Gasteiger charge is 2.26. The molecule has 57 heavy (non-hydrogen) atoms. The predicted octanol–water partition coefficient (Wildman–Crippen LogP) is 14.2. The van der Waals surface area contributed by atoms with E-state index in [-0.39, 0.29) is 25.8 Å². The third kappa shape index (κ3) is 45.7. The molecule has 0 fully saturated rings. The van der Waals surface area contributed by atoms with Crippen LogP contribution < -0.4 is 0 Å². The third-order valence-corrected chi connectivity index (χ3v) is 11.2. The zero-order valence-corrected chi connectivity index (χ0v) is 39.0. The summed E-state index contributed by atoms with van der Waals surface area (Å²) in [5.41, 5.74) is 0. The smallest absolute Gasteiger partial charge is 0.457 e. The number of carbonyl (C=O) groups is 1. The van der Waals surface area contributed by atoms with Crippen LogP contribution in [0.5, 0.6) is 0 Å². The molecule has 9 heteroatoms. The topological polar surface area (TPSA) is 91.3 Å². The number of esters is 1. The summed E-state index contributed by atoms with van der Waals surface area (Å²) in [7, 11) is 1.66. The van der Waals surface area contributed by atoms with Gasteiger partial charge in [-0.25, -0.2) is 4.57 Å². The molecule has 0 aromatic rings. The van der Waals surface area contributed by atoms with E-state index in [1.54, 1.807) is 0 Å². The number of quaternary nitrogens is 1. The summed E-state index contributed by atoms with van der Waals surface area (Å²) in [6, 6.07) is 0. The molecule has 0 aromatic carbocycles. The number of likely N-dealkylation sites (N-methyl/N-ethyl adjacent to an activating group) is 1. The molecule has 0 rings (SSSR count). The van der Waals surface area contributed by atoms with Gasteiger partial charge in [-0.3, -0.25) is 13.8 Å². The SMILES string of the molecule is CC/C=C\C/C=C\C/C=C\CCCCCCOCC(COP(=O)(O)OCC[N+](C)(C)C)OC(=O)CCCCCCCCCCCCCCCCCCCCCCC. The molecule has 0 aromatic heterocycles. The van der Waals surface area contributed by atoms with Gasteiger partial charge >= 0.3 is 13.8 Å². The Labute approximate surface area is 353 Å². The van der Waals surface area contributed by atoms with Gasteiger partial charge in [-0.2, -0.15) is 0 Å². The Morgan fingerprint density at radius 2 is 1.02 bits per heavy atom. The van der Waals surface area contributed by atoms with E-state index in [1.807, 2.05) is 21.1 Å². The zero-order chi connectivity index (χ0) is 42.0. The van der Waals surface area contributed by atoms with E-state index in [0.29, 0.717) is 24.1 Å². The lowest BCUT2D eigenvalue weighted by Gasteiger charge is -2.24. The van der Waals surface area contributed by atoms with E-state index < -0.39 is 13.9 Å². The first-order valence-electron chi connectivity index (χ1n) is 23.7. The predicted molar refractivity (Wildman–Crippen MR) is 243 cm³/mol. The minimum atomic E-state index is -4.28. The molecule has 0 heterocycles. The van der Waals surface area contributed by atoms with Crippen LogP contribution >= 0.6 is 7.82 Å². The van der Waals surface area contributed by atoms with Crippen molar-refractivity contribution in [2.24, 2.45) is 0 Å². The number of phosphoric acid groups is 1. The maximum Gasteiger partial charge on any atom is 0.472 e. The highest BCUT2D eigenvalue weighted by molar-refractivity contribution is 7.47. The maximum atomic E-state index is 12.7. The van der Waals surface area contributed by atoms with Crippen LogP contribution in [0.3, 0.4) is 0 Å². The van der Waals surface area contributed by atoms with Gasteiger partial charge in [0.25, 0.3) is 0 Å². The van der Waals surface area contributed by atoms with E-state index in [1.165, 1.54) is 116 Å². The summed E-state index contributed by atoms with van der Waals surface area (Å²) in [5.74, 6) is -0.319. The first-order chi connectivity index (χ1) is 27.6. The number of unbranched alkanes of at least 4 members (excludes halogenated alkanes) is 24. The second-order valence-electron chi connectivity index (χ2n) is 17.1. The number of phosphoric ester groups is 1. The zero-order valence-electron chi connectivity index (χ0n) is 38.1. The van der Waals surface area contributed by atoms with Crippen molar-refractivity contribution in [3.05, 3.63) is 36.5 Å². The second kappa shape index (κ2) is 41.5. The van der Waals surface area contributed by atoms with Gasteiger partial charge in [-0.05, 0) is 44.9 Å². The third-order valence-electron chi connectivity index (χ3n) is 10.2. The number of hydrogen-bond acceptors (Lipinski definition) is 6. The Morgan fingerprint density at radius 1 is 0.561 bits per heavy atom. The van der Waals surface area contributed by atoms with Crippen molar-refractivity contribution >= 4 is 13.8 Å². The van der Waals surface area contributed by atoms with Gasteiger partial charge in [0.15, 0.2) is 0 Å². The molecule has 1 N–H and O–H groups in total. The number of rotatable bonds is 44. The molecule has 0 radical (unpaired) electrons. The lowest BCUT2D eigenvalue weighted by atomic mass is 10.0. The summed E-state index contributed by atoms with van der Waals surface area (Å²) in [4.78, 5) is 22.9. The molecule has 0 saturated heterocycles. The van der Waals surface area contributed by atoms with Crippen LogP contribution in [0.25, 0.3) is 0 Å². The van der Waals surface area contributed by atoms with Crippen molar-refractivity contribution in [1.82, 2.24) is 0 Å². The van der Waals surface area contributed by atoms with Crippen LogP contribution in [0.4, 0.5) is 0 Å². The molecule has 0 saturated carbocycles. The standard InChI is InChI=1S/C48H92NO7P/c1-6-8-10-12-14-16-18-20-22-23-24-25-26-27-28-29-31-33-35-37-39-41-48(50)56-47(46-55-57(51,52)54-44-42-49(3,4)5)45-53-43-40-38-36-34-32-30-21-19-17-15-13-11-9-7-2/h9,11,15,17,21,30,47H,6-8,10,12-14,16,18-20,22-29,31-46H2,1-5H3/p+1/b11-9-,17-15-,30-21-. The summed E-state index contributed by atoms with van der Waals surface area (Å²) < 4.78 is 35.0. The van der Waals surface area contributed by atoms with Crippen molar-refractivity contribution in [3.63, 3.8) is 0 Å². The van der Waals surface area contributed by atoms with Crippen LogP contribution in [-0.4, -0.2) is 75.6 Å². The largest absolute Gasteiger partial charge is 0.472 e. The molecule has 0 bridgehead atoms. The molecule has 0 aliphatic heterocycles. The Morgan fingerprint density at radius 3 is 1.53 bits per heavy atom. The Bertz CT molecular complexity index is 1010. The Kier molecular flexibility index (Phi) is 40.5. The first kappa shape index (κ1) is 55.7. The lowest BCUT2D eigenvalue weighted by molar-refractivity contribution is -0.870. The molecule has 0 aliphatic carbocycles. The monoisotopic (exact) mass is 827 g/mol. The van der Waals surface area contributed by atoms with Gasteiger partial charge in [0.2, 0.25) is 0 Å². The summed E-state index contributed by atoms with van der Waals surface area (Å²) in [6.45, 7) is 5.48. The van der Waals surface area contributed by atoms with Crippen molar-refractivity contribution in [1.29, 1.82) is 0 Å². The molecule has 0 aliphatic rings. The number of ether oxygens (including phenoxy) is 2. The molecule has 336 valence electrons. The molecule has 0 amide bonds. The quantitative estimate of drug-likeness (QED) is 0.0215. The maximum absolute atomic E-state index is 12.7. The summed E-state index contributed by atoms with van der Waals surface area (Å²) >= 11 is 0. The fourth-order valence-corrected chi connectivity index (χ4v) is 7.31. The fourth-order valence-electron chi connectivity index (χ4n) is 6.57. The van der Waals surface area contributed by atoms with Crippen LogP contribution in [0.1, 0.15) is 206 Å². The molecule has 0 spiro atoms. The Balaban J connectivity index is 4.15. The van der Waals surface area contributed by atoms with Gasteiger partial charge in [-0.1, -0.05) is 192 Å². The van der Waals surface area contributed by atoms with Gasteiger partial charge in [0.05, 0.1) is 34.4 Å². The van der Waals surface area contributed by atoms with Gasteiger partial charge in [0, 0.05) is 13.0 Å². The highest BCUT2D eigenvalue weighted by Crippen LogP contribution is 2.43. The molecular weight excluding hydrogens is 734 g/mol. The van der Waals surface area contributed by atoms with E-state index in [9.17, 15) is 14.3 Å². The minimum absolute atomic E-state index is 0.0848. The number of carbonyl (C=O) groups excluding carboxylic acids is 1. The number of hydrogen-bond donors (Lipinski definition) is 1. The van der Waals surface area contributed by atoms with Crippen LogP contribution in [0.15, 0.2) is 36.5 Å². The lowest BCUT2D eigenvalue weighted by Crippen LogP contribution is -2.37. The number of nitrogens with zero attached hydrogens (tertiary/aromatic N) is 1. The van der Waals surface area contributed by atoms with Crippen LogP contribution in [0, 0.1) is 0 Å². The molecular formula is C48H93NO7P+. The van der Waals surface area contributed by atoms with Gasteiger partial charge in [0.1, 0.15) is 19.3 Å².